The van der Waals surface area contributed by atoms with Crippen LogP contribution < -0.4 is 0 Å². The Hall–Kier alpha value is -1.16. The van der Waals surface area contributed by atoms with Crippen molar-refractivity contribution in [3.63, 3.8) is 0 Å². The predicted octanol–water partition coefficient (Wildman–Crippen LogP) is 3.07. The predicted molar refractivity (Wildman–Crippen MR) is 85.0 cm³/mol. The quantitative estimate of drug-likeness (QED) is 0.793. The maximum atomic E-state index is 6.50. The summed E-state index contributed by atoms with van der Waals surface area (Å²) >= 11 is 0. The molecular formula is C18H25NO2. The third kappa shape index (κ3) is 2.66. The van der Waals surface area contributed by atoms with Crippen LogP contribution in [0.2, 0.25) is 0 Å². The van der Waals surface area contributed by atoms with Crippen LogP contribution in [0.5, 0.6) is 0 Å². The van der Waals surface area contributed by atoms with Crippen LogP contribution in [-0.4, -0.2) is 43.5 Å². The molecule has 3 nitrogen and oxygen atoms in total. The van der Waals surface area contributed by atoms with Gasteiger partial charge in [-0.05, 0) is 35.6 Å². The fourth-order valence-corrected chi connectivity index (χ4v) is 3.36. The molecule has 1 atom stereocenters. The Bertz CT molecular complexity index is 521. The fourth-order valence-electron chi connectivity index (χ4n) is 3.36. The fraction of sp³-hybridized carbons (Fsp3) is 0.556. The van der Waals surface area contributed by atoms with Gasteiger partial charge in [-0.15, -0.1) is 0 Å². The minimum atomic E-state index is -0.310. The largest absolute Gasteiger partial charge is 0.379 e. The van der Waals surface area contributed by atoms with Crippen LogP contribution in [0.3, 0.4) is 0 Å². The van der Waals surface area contributed by atoms with E-state index in [1.165, 1.54) is 16.7 Å². The van der Waals surface area contributed by atoms with E-state index in [-0.39, 0.29) is 5.60 Å². The molecule has 0 bridgehead atoms. The van der Waals surface area contributed by atoms with Gasteiger partial charge in [0.25, 0.3) is 0 Å². The highest BCUT2D eigenvalue weighted by molar-refractivity contribution is 5.62. The molecule has 1 fully saturated rings. The lowest BCUT2D eigenvalue weighted by atomic mass is 9.76. The Morgan fingerprint density at radius 3 is 2.76 bits per heavy atom. The van der Waals surface area contributed by atoms with Crippen LogP contribution >= 0.6 is 0 Å². The summed E-state index contributed by atoms with van der Waals surface area (Å²) in [5, 5.41) is 0. The Balaban J connectivity index is 1.82. The number of fused-ring (bicyclic) bond motifs is 1. The molecule has 1 heterocycles. The number of rotatable bonds is 4. The molecule has 0 aromatic carbocycles. The zero-order valence-corrected chi connectivity index (χ0v) is 13.3. The molecule has 1 unspecified atom stereocenters. The lowest BCUT2D eigenvalue weighted by Gasteiger charge is -2.41. The molecule has 2 aliphatic carbocycles. The zero-order chi connectivity index (χ0) is 14.9. The lowest BCUT2D eigenvalue weighted by Crippen LogP contribution is -2.46. The first-order valence-electron chi connectivity index (χ1n) is 7.87. The van der Waals surface area contributed by atoms with Crippen molar-refractivity contribution in [3.8, 4) is 0 Å². The third-order valence-corrected chi connectivity index (χ3v) is 4.65. The van der Waals surface area contributed by atoms with Crippen LogP contribution in [0.1, 0.15) is 20.8 Å². The van der Waals surface area contributed by atoms with Crippen molar-refractivity contribution in [2.24, 2.45) is 5.92 Å². The molecule has 1 aliphatic heterocycles. The summed E-state index contributed by atoms with van der Waals surface area (Å²) in [6.45, 7) is 10.9. The topological polar surface area (TPSA) is 21.7 Å². The first kappa shape index (κ1) is 14.8. The monoisotopic (exact) mass is 287 g/mol. The molecule has 0 amide bonds. The summed E-state index contributed by atoms with van der Waals surface area (Å²) in [4.78, 5) is 2.33. The number of allylic oxidation sites excluding steroid dienone is 5. The summed E-state index contributed by atoms with van der Waals surface area (Å²) in [5.74, 6) is 0.392. The summed E-state index contributed by atoms with van der Waals surface area (Å²) < 4.78 is 11.9. The van der Waals surface area contributed by atoms with Crippen molar-refractivity contribution in [1.82, 2.24) is 4.90 Å². The van der Waals surface area contributed by atoms with E-state index in [2.05, 4.69) is 56.1 Å². The van der Waals surface area contributed by atoms with E-state index in [0.29, 0.717) is 12.6 Å². The van der Waals surface area contributed by atoms with E-state index >= 15 is 0 Å². The summed E-state index contributed by atoms with van der Waals surface area (Å²) in [6, 6.07) is 0. The van der Waals surface area contributed by atoms with Gasteiger partial charge in [0.2, 0.25) is 0 Å². The molecule has 3 aliphatic rings. The van der Waals surface area contributed by atoms with Crippen molar-refractivity contribution < 1.29 is 9.47 Å². The van der Waals surface area contributed by atoms with E-state index in [9.17, 15) is 0 Å². The molecule has 1 saturated heterocycles. The molecular weight excluding hydrogens is 262 g/mol. The molecule has 0 aromatic rings. The van der Waals surface area contributed by atoms with Gasteiger partial charge in [-0.1, -0.05) is 38.2 Å². The Morgan fingerprint density at radius 1 is 1.29 bits per heavy atom. The Kier molecular flexibility index (Phi) is 4.16. The summed E-state index contributed by atoms with van der Waals surface area (Å²) in [6.07, 6.45) is 10.9. The van der Waals surface area contributed by atoms with Crippen LogP contribution in [-0.2, 0) is 9.47 Å². The van der Waals surface area contributed by atoms with E-state index in [4.69, 9.17) is 9.47 Å². The smallest absolute Gasteiger partial charge is 0.116 e. The minimum Gasteiger partial charge on any atom is -0.379 e. The molecule has 0 N–H and O–H groups in total. The van der Waals surface area contributed by atoms with Gasteiger partial charge in [0, 0.05) is 13.1 Å². The highest BCUT2D eigenvalue weighted by Gasteiger charge is 2.41. The Morgan fingerprint density at radius 2 is 2.05 bits per heavy atom. The van der Waals surface area contributed by atoms with Crippen molar-refractivity contribution in [1.29, 1.82) is 0 Å². The molecule has 3 rings (SSSR count). The lowest BCUT2D eigenvalue weighted by molar-refractivity contribution is -0.0917. The zero-order valence-electron chi connectivity index (χ0n) is 13.3. The normalized spacial score (nSPS) is 29.2. The molecule has 0 saturated carbocycles. The van der Waals surface area contributed by atoms with Crippen LogP contribution in [0.4, 0.5) is 0 Å². The van der Waals surface area contributed by atoms with Gasteiger partial charge < -0.3 is 9.47 Å². The van der Waals surface area contributed by atoms with Crippen LogP contribution in [0, 0.1) is 5.92 Å². The first-order chi connectivity index (χ1) is 10.1. The number of hydrogen-bond acceptors (Lipinski definition) is 3. The first-order valence-corrected chi connectivity index (χ1v) is 7.87. The van der Waals surface area contributed by atoms with E-state index in [1.807, 2.05) is 0 Å². The van der Waals surface area contributed by atoms with Crippen molar-refractivity contribution >= 4 is 0 Å². The number of hydrogen-bond donors (Lipinski definition) is 0. The van der Waals surface area contributed by atoms with Crippen molar-refractivity contribution in [2.75, 3.05) is 33.0 Å². The van der Waals surface area contributed by atoms with Gasteiger partial charge >= 0.3 is 0 Å². The van der Waals surface area contributed by atoms with Gasteiger partial charge in [-0.2, -0.15) is 0 Å². The van der Waals surface area contributed by atoms with Gasteiger partial charge in [0.15, 0.2) is 0 Å². The standard InChI is InChI=1S/C18H25NO2/c1-14(2)18(21-13-19-9-11-20-12-10-19)8-4-5-16-7-6-15(3)17(16)18/h4-8,14H,9-13H2,1-3H3. The summed E-state index contributed by atoms with van der Waals surface area (Å²) in [5.41, 5.74) is 3.65. The molecule has 0 radical (unpaired) electrons. The number of nitrogens with zero attached hydrogens (tertiary/aromatic N) is 1. The molecule has 0 spiro atoms. The van der Waals surface area contributed by atoms with Crippen molar-refractivity contribution in [3.05, 3.63) is 47.1 Å². The maximum Gasteiger partial charge on any atom is 0.116 e. The second kappa shape index (κ2) is 5.91. The Labute approximate surface area is 127 Å². The highest BCUT2D eigenvalue weighted by atomic mass is 16.5. The van der Waals surface area contributed by atoms with Crippen LogP contribution in [0.25, 0.3) is 0 Å². The van der Waals surface area contributed by atoms with E-state index < -0.39 is 0 Å². The van der Waals surface area contributed by atoms with Gasteiger partial charge in [-0.25, -0.2) is 0 Å². The average molecular weight is 287 g/mol. The molecule has 3 heteroatoms. The molecule has 21 heavy (non-hydrogen) atoms. The number of morpholine rings is 1. The van der Waals surface area contributed by atoms with Gasteiger partial charge in [-0.3, -0.25) is 4.90 Å². The number of ether oxygens (including phenoxy) is 2. The molecule has 114 valence electrons. The SMILES string of the molecule is CC1=C2C(=CC=CC2(OCN2CCOCC2)C(C)C)C=C1. The maximum absolute atomic E-state index is 6.50. The second-order valence-corrected chi connectivity index (χ2v) is 6.32. The van der Waals surface area contributed by atoms with Crippen LogP contribution in [0.15, 0.2) is 47.1 Å². The van der Waals surface area contributed by atoms with E-state index in [0.717, 1.165) is 26.3 Å². The van der Waals surface area contributed by atoms with Gasteiger partial charge in [0.1, 0.15) is 12.3 Å². The molecule has 0 aromatic heterocycles. The average Bonchev–Trinajstić information content (AvgIpc) is 2.88. The van der Waals surface area contributed by atoms with Crippen molar-refractivity contribution in [2.45, 2.75) is 26.4 Å². The second-order valence-electron chi connectivity index (χ2n) is 6.32. The van der Waals surface area contributed by atoms with E-state index in [1.54, 1.807) is 0 Å². The minimum absolute atomic E-state index is 0.310. The third-order valence-electron chi connectivity index (χ3n) is 4.65. The summed E-state index contributed by atoms with van der Waals surface area (Å²) in [7, 11) is 0. The van der Waals surface area contributed by atoms with Gasteiger partial charge in [0.05, 0.1) is 13.2 Å². The highest BCUT2D eigenvalue weighted by Crippen LogP contribution is 2.43.